The molecule has 1 spiro atoms. The maximum atomic E-state index is 13.9. The zero-order chi connectivity index (χ0) is 19.6. The molecule has 4 rings (SSSR count). The molecular formula is C24H32N2OS. The molecule has 4 heteroatoms. The minimum Gasteiger partial charge on any atom is -0.287 e. The fraction of sp³-hybridized carbons (Fsp3) is 0.583. The van der Waals surface area contributed by atoms with E-state index in [1.165, 1.54) is 30.4 Å². The molecule has 0 bridgehead atoms. The zero-order valence-corrected chi connectivity index (χ0v) is 18.1. The highest BCUT2D eigenvalue weighted by Crippen LogP contribution is 2.48. The van der Waals surface area contributed by atoms with Crippen molar-refractivity contribution in [2.75, 3.05) is 5.75 Å². The first-order valence-corrected chi connectivity index (χ1v) is 12.0. The first-order valence-electron chi connectivity index (χ1n) is 11.1. The second-order valence-corrected chi connectivity index (χ2v) is 9.51. The lowest BCUT2D eigenvalue weighted by molar-refractivity contribution is 0.281. The van der Waals surface area contributed by atoms with Crippen LogP contribution in [-0.4, -0.2) is 15.3 Å². The number of hydrogen-bond acceptors (Lipinski definition) is 3. The number of hydrogen-bond donors (Lipinski definition) is 0. The number of benzene rings is 1. The average molecular weight is 397 g/mol. The van der Waals surface area contributed by atoms with Crippen LogP contribution in [0, 0.1) is 0 Å². The molecule has 1 heterocycles. The van der Waals surface area contributed by atoms with E-state index in [9.17, 15) is 4.79 Å². The fourth-order valence-corrected chi connectivity index (χ4v) is 5.91. The van der Waals surface area contributed by atoms with E-state index in [4.69, 9.17) is 4.98 Å². The van der Waals surface area contributed by atoms with Crippen molar-refractivity contribution < 1.29 is 0 Å². The third-order valence-corrected chi connectivity index (χ3v) is 7.63. The second-order valence-electron chi connectivity index (χ2n) is 8.45. The van der Waals surface area contributed by atoms with Gasteiger partial charge in [-0.3, -0.25) is 9.36 Å². The van der Waals surface area contributed by atoms with Crippen LogP contribution in [0.15, 0.2) is 34.2 Å². The molecule has 0 amide bonds. The molecule has 0 unspecified atom stereocenters. The summed E-state index contributed by atoms with van der Waals surface area (Å²) in [6.45, 7) is 5.17. The molecule has 2 aliphatic carbocycles. The van der Waals surface area contributed by atoms with Crippen LogP contribution < -0.4 is 5.56 Å². The predicted molar refractivity (Wildman–Crippen MR) is 118 cm³/mol. The van der Waals surface area contributed by atoms with E-state index < -0.39 is 0 Å². The van der Waals surface area contributed by atoms with Crippen molar-refractivity contribution in [3.63, 3.8) is 0 Å². The van der Waals surface area contributed by atoms with Gasteiger partial charge in [-0.25, -0.2) is 4.98 Å². The smallest absolute Gasteiger partial charge is 0.258 e. The molecule has 2 aliphatic rings. The first-order chi connectivity index (χ1) is 13.7. The quantitative estimate of drug-likeness (QED) is 0.446. The Kier molecular flexibility index (Phi) is 5.96. The minimum atomic E-state index is -0.00601. The molecule has 0 atom stereocenters. The highest BCUT2D eigenvalue weighted by Gasteiger charge is 2.43. The standard InChI is InChI=1S/C24H32N2OS/c1-3-5-15-26-22(27)20-21(25-23(26)28-16-4-2)19-12-8-7-11-18(19)17-24(20)13-9-6-10-14-24/h7-8,11-12H,3-6,9-10,13-17H2,1-2H3. The number of thioether (sulfide) groups is 1. The van der Waals surface area contributed by atoms with Crippen molar-refractivity contribution in [3.8, 4) is 11.3 Å². The number of aromatic nitrogens is 2. The van der Waals surface area contributed by atoms with Gasteiger partial charge in [-0.15, -0.1) is 0 Å². The molecular weight excluding hydrogens is 364 g/mol. The maximum Gasteiger partial charge on any atom is 0.258 e. The molecule has 3 nitrogen and oxygen atoms in total. The highest BCUT2D eigenvalue weighted by atomic mass is 32.2. The summed E-state index contributed by atoms with van der Waals surface area (Å²) in [6, 6.07) is 8.64. The normalized spacial score (nSPS) is 17.4. The number of fused-ring (bicyclic) bond motifs is 4. The van der Waals surface area contributed by atoms with Gasteiger partial charge in [0.15, 0.2) is 5.16 Å². The predicted octanol–water partition coefficient (Wildman–Crippen LogP) is 5.97. The number of unbranched alkanes of at least 4 members (excludes halogenated alkanes) is 1. The third kappa shape index (κ3) is 3.45. The Bertz CT molecular complexity index is 896. The van der Waals surface area contributed by atoms with Gasteiger partial charge in [0.2, 0.25) is 0 Å². The Morgan fingerprint density at radius 1 is 1.11 bits per heavy atom. The Balaban J connectivity index is 1.95. The van der Waals surface area contributed by atoms with E-state index in [0.29, 0.717) is 0 Å². The zero-order valence-electron chi connectivity index (χ0n) is 17.3. The molecule has 0 saturated heterocycles. The van der Waals surface area contributed by atoms with Crippen molar-refractivity contribution >= 4 is 11.8 Å². The van der Waals surface area contributed by atoms with E-state index in [0.717, 1.165) is 67.2 Å². The molecule has 0 aliphatic heterocycles. The molecule has 1 aromatic carbocycles. The molecule has 28 heavy (non-hydrogen) atoms. The van der Waals surface area contributed by atoms with Crippen LogP contribution >= 0.6 is 11.8 Å². The van der Waals surface area contributed by atoms with Crippen molar-refractivity contribution in [3.05, 3.63) is 45.7 Å². The van der Waals surface area contributed by atoms with E-state index in [1.807, 2.05) is 4.57 Å². The van der Waals surface area contributed by atoms with Crippen LogP contribution in [-0.2, 0) is 18.4 Å². The van der Waals surface area contributed by atoms with Gasteiger partial charge in [0, 0.05) is 23.3 Å². The molecule has 1 fully saturated rings. The average Bonchev–Trinajstić information content (AvgIpc) is 2.72. The highest BCUT2D eigenvalue weighted by molar-refractivity contribution is 7.99. The maximum absolute atomic E-state index is 13.9. The first kappa shape index (κ1) is 19.8. The SMILES string of the molecule is CCCCn1c(SCCC)nc2c(c1=O)C1(CCCCC1)Cc1ccccc1-2. The summed E-state index contributed by atoms with van der Waals surface area (Å²) in [5.74, 6) is 1.00. The van der Waals surface area contributed by atoms with Crippen molar-refractivity contribution in [2.45, 2.75) is 88.8 Å². The largest absolute Gasteiger partial charge is 0.287 e. The van der Waals surface area contributed by atoms with Gasteiger partial charge >= 0.3 is 0 Å². The second kappa shape index (κ2) is 8.44. The van der Waals surface area contributed by atoms with E-state index in [-0.39, 0.29) is 11.0 Å². The molecule has 150 valence electrons. The summed E-state index contributed by atoms with van der Waals surface area (Å²) < 4.78 is 2.01. The van der Waals surface area contributed by atoms with Gasteiger partial charge in [0.25, 0.3) is 5.56 Å². The van der Waals surface area contributed by atoms with Gasteiger partial charge < -0.3 is 0 Å². The minimum absolute atomic E-state index is 0.00601. The Hall–Kier alpha value is -1.55. The lowest BCUT2D eigenvalue weighted by Gasteiger charge is -2.42. The van der Waals surface area contributed by atoms with E-state index in [1.54, 1.807) is 11.8 Å². The van der Waals surface area contributed by atoms with Crippen molar-refractivity contribution in [1.29, 1.82) is 0 Å². The summed E-state index contributed by atoms with van der Waals surface area (Å²) in [5, 5.41) is 0.918. The fourth-order valence-electron chi connectivity index (χ4n) is 5.04. The monoisotopic (exact) mass is 396 g/mol. The molecule has 1 aromatic heterocycles. The lowest BCUT2D eigenvalue weighted by Crippen LogP contribution is -2.43. The van der Waals surface area contributed by atoms with Crippen molar-refractivity contribution in [2.24, 2.45) is 0 Å². The van der Waals surface area contributed by atoms with Crippen LogP contribution in [0.25, 0.3) is 11.3 Å². The van der Waals surface area contributed by atoms with Crippen LogP contribution in [0.4, 0.5) is 0 Å². The van der Waals surface area contributed by atoms with Gasteiger partial charge in [0.05, 0.1) is 11.3 Å². The topological polar surface area (TPSA) is 34.9 Å². The third-order valence-electron chi connectivity index (χ3n) is 6.45. The molecule has 0 N–H and O–H groups in total. The summed E-state index contributed by atoms with van der Waals surface area (Å²) in [6.07, 6.45) is 10.2. The summed E-state index contributed by atoms with van der Waals surface area (Å²) in [4.78, 5) is 19.1. The van der Waals surface area contributed by atoms with Gasteiger partial charge in [-0.1, -0.05) is 75.6 Å². The Morgan fingerprint density at radius 3 is 2.64 bits per heavy atom. The number of nitrogens with zero attached hydrogens (tertiary/aromatic N) is 2. The van der Waals surface area contributed by atoms with Gasteiger partial charge in [0.1, 0.15) is 0 Å². The van der Waals surface area contributed by atoms with E-state index in [2.05, 4.69) is 38.1 Å². The van der Waals surface area contributed by atoms with Crippen LogP contribution in [0.1, 0.15) is 76.3 Å². The molecule has 2 aromatic rings. The van der Waals surface area contributed by atoms with Crippen LogP contribution in [0.3, 0.4) is 0 Å². The van der Waals surface area contributed by atoms with Gasteiger partial charge in [-0.2, -0.15) is 0 Å². The summed E-state index contributed by atoms with van der Waals surface area (Å²) >= 11 is 1.75. The number of rotatable bonds is 6. The van der Waals surface area contributed by atoms with Crippen LogP contribution in [0.5, 0.6) is 0 Å². The lowest BCUT2D eigenvalue weighted by atomic mass is 9.62. The van der Waals surface area contributed by atoms with E-state index >= 15 is 0 Å². The Morgan fingerprint density at radius 2 is 1.89 bits per heavy atom. The van der Waals surface area contributed by atoms with Gasteiger partial charge in [-0.05, 0) is 37.7 Å². The summed E-state index contributed by atoms with van der Waals surface area (Å²) in [5.41, 5.74) is 4.82. The van der Waals surface area contributed by atoms with Crippen molar-refractivity contribution in [1.82, 2.24) is 9.55 Å². The molecule has 0 radical (unpaired) electrons. The molecule has 1 saturated carbocycles. The Labute approximate surface area is 173 Å². The van der Waals surface area contributed by atoms with Crippen LogP contribution in [0.2, 0.25) is 0 Å². The summed E-state index contributed by atoms with van der Waals surface area (Å²) in [7, 11) is 0.